The average Bonchev–Trinajstić information content (AvgIpc) is 3.34. The van der Waals surface area contributed by atoms with Crippen LogP contribution in [-0.4, -0.2) is 28.1 Å². The van der Waals surface area contributed by atoms with E-state index in [1.54, 1.807) is 24.3 Å². The molecule has 0 fully saturated rings. The molecule has 0 aliphatic carbocycles. The molecule has 0 saturated heterocycles. The molecule has 0 radical (unpaired) electrons. The van der Waals surface area contributed by atoms with E-state index >= 15 is 0 Å². The fraction of sp³-hybridized carbons (Fsp3) is 0.120. The van der Waals surface area contributed by atoms with Gasteiger partial charge in [-0.1, -0.05) is 18.2 Å². The maximum absolute atomic E-state index is 13.0. The van der Waals surface area contributed by atoms with Crippen LogP contribution in [0.25, 0.3) is 22.9 Å². The Morgan fingerprint density at radius 3 is 2.29 bits per heavy atom. The van der Waals surface area contributed by atoms with Gasteiger partial charge in [-0.2, -0.15) is 0 Å². The molecule has 1 atom stereocenters. The Hall–Kier alpha value is -4.53. The number of nitrogens with one attached hydrogen (secondary N) is 2. The minimum absolute atomic E-state index is 0.315. The third-order valence-corrected chi connectivity index (χ3v) is 4.99. The highest BCUT2D eigenvalue weighted by Crippen LogP contribution is 2.26. The minimum Gasteiger partial charge on any atom is -0.481 e. The number of aryl methyl sites for hydroxylation is 1. The van der Waals surface area contributed by atoms with Crippen molar-refractivity contribution in [1.82, 2.24) is 21.0 Å². The Labute approximate surface area is 194 Å². The zero-order valence-corrected chi connectivity index (χ0v) is 18.4. The molecule has 2 amide bonds. The second-order valence-electron chi connectivity index (χ2n) is 7.46. The SMILES string of the molecule is Cc1ccccc1-c1nnc(-c2ccc(C(=O)NNC(=O)C(C)Oc3ccc(F)cc3)cc2)o1. The lowest BCUT2D eigenvalue weighted by Crippen LogP contribution is -2.47. The van der Waals surface area contributed by atoms with Gasteiger partial charge in [0.1, 0.15) is 11.6 Å². The molecule has 0 aliphatic heterocycles. The van der Waals surface area contributed by atoms with Crippen LogP contribution in [0.15, 0.2) is 77.2 Å². The standard InChI is InChI=1S/C25H21FN4O4/c1-15-5-3-4-6-21(15)25-30-29-24(34-25)18-9-7-17(8-10-18)23(32)28-27-22(31)16(2)33-20-13-11-19(26)12-14-20/h3-14,16H,1-2H3,(H,27,31)(H,28,32). The Morgan fingerprint density at radius 1 is 0.912 bits per heavy atom. The summed E-state index contributed by atoms with van der Waals surface area (Å²) in [4.78, 5) is 24.6. The van der Waals surface area contributed by atoms with Crippen LogP contribution < -0.4 is 15.6 Å². The monoisotopic (exact) mass is 460 g/mol. The number of benzene rings is 3. The number of amides is 2. The minimum atomic E-state index is -0.909. The topological polar surface area (TPSA) is 106 Å². The van der Waals surface area contributed by atoms with Crippen molar-refractivity contribution in [3.63, 3.8) is 0 Å². The molecule has 9 heteroatoms. The van der Waals surface area contributed by atoms with E-state index in [0.29, 0.717) is 28.7 Å². The van der Waals surface area contributed by atoms with Crippen LogP contribution in [-0.2, 0) is 4.79 Å². The number of halogens is 1. The number of nitrogens with zero attached hydrogens (tertiary/aromatic N) is 2. The third-order valence-electron chi connectivity index (χ3n) is 4.99. The molecule has 1 heterocycles. The first-order chi connectivity index (χ1) is 16.4. The van der Waals surface area contributed by atoms with Gasteiger partial charge in [-0.15, -0.1) is 10.2 Å². The second kappa shape index (κ2) is 9.95. The van der Waals surface area contributed by atoms with E-state index < -0.39 is 23.7 Å². The van der Waals surface area contributed by atoms with Crippen molar-refractivity contribution in [2.75, 3.05) is 0 Å². The number of hydrogen-bond donors (Lipinski definition) is 2. The zero-order chi connectivity index (χ0) is 24.1. The van der Waals surface area contributed by atoms with Crippen molar-refractivity contribution in [2.24, 2.45) is 0 Å². The molecule has 172 valence electrons. The van der Waals surface area contributed by atoms with E-state index in [-0.39, 0.29) is 0 Å². The van der Waals surface area contributed by atoms with Crippen molar-refractivity contribution in [3.05, 3.63) is 89.7 Å². The van der Waals surface area contributed by atoms with Crippen molar-refractivity contribution in [2.45, 2.75) is 20.0 Å². The van der Waals surface area contributed by atoms with Crippen molar-refractivity contribution in [1.29, 1.82) is 0 Å². The molecule has 8 nitrogen and oxygen atoms in total. The van der Waals surface area contributed by atoms with Crippen molar-refractivity contribution >= 4 is 11.8 Å². The van der Waals surface area contributed by atoms with Crippen molar-refractivity contribution < 1.29 is 23.1 Å². The molecule has 0 saturated carbocycles. The second-order valence-corrected chi connectivity index (χ2v) is 7.46. The van der Waals surface area contributed by atoms with Gasteiger partial charge < -0.3 is 9.15 Å². The molecule has 3 aromatic carbocycles. The van der Waals surface area contributed by atoms with Crippen LogP contribution >= 0.6 is 0 Å². The predicted molar refractivity (Wildman–Crippen MR) is 122 cm³/mol. The van der Waals surface area contributed by atoms with E-state index in [9.17, 15) is 14.0 Å². The smallest absolute Gasteiger partial charge is 0.279 e. The molecular weight excluding hydrogens is 439 g/mol. The van der Waals surface area contributed by atoms with Gasteiger partial charge in [0.25, 0.3) is 11.8 Å². The lowest BCUT2D eigenvalue weighted by Gasteiger charge is -2.15. The first-order valence-electron chi connectivity index (χ1n) is 10.4. The van der Waals surface area contributed by atoms with E-state index in [0.717, 1.165) is 11.1 Å². The molecule has 4 rings (SSSR count). The normalized spacial score (nSPS) is 11.5. The summed E-state index contributed by atoms with van der Waals surface area (Å²) in [6.45, 7) is 3.47. The molecule has 0 spiro atoms. The highest BCUT2D eigenvalue weighted by atomic mass is 19.1. The van der Waals surface area contributed by atoms with Crippen LogP contribution in [0, 0.1) is 12.7 Å². The summed E-state index contributed by atoms with van der Waals surface area (Å²) in [6, 6.07) is 19.5. The largest absolute Gasteiger partial charge is 0.481 e. The number of hydrazine groups is 1. The summed E-state index contributed by atoms with van der Waals surface area (Å²) >= 11 is 0. The van der Waals surface area contributed by atoms with Gasteiger partial charge in [0.2, 0.25) is 11.8 Å². The van der Waals surface area contributed by atoms with Crippen molar-refractivity contribution in [3.8, 4) is 28.7 Å². The van der Waals surface area contributed by atoms with E-state index in [1.165, 1.54) is 31.2 Å². The molecule has 2 N–H and O–H groups in total. The lowest BCUT2D eigenvalue weighted by molar-refractivity contribution is -0.128. The summed E-state index contributed by atoms with van der Waals surface area (Å²) in [7, 11) is 0. The molecular formula is C25H21FN4O4. The van der Waals surface area contributed by atoms with Gasteiger partial charge in [-0.05, 0) is 74.0 Å². The summed E-state index contributed by atoms with van der Waals surface area (Å²) in [5, 5.41) is 8.19. The van der Waals surface area contributed by atoms with Crippen LogP contribution in [0.1, 0.15) is 22.8 Å². The Balaban J connectivity index is 1.34. The first-order valence-corrected chi connectivity index (χ1v) is 10.4. The lowest BCUT2D eigenvalue weighted by atomic mass is 10.1. The molecule has 1 unspecified atom stereocenters. The fourth-order valence-corrected chi connectivity index (χ4v) is 3.09. The highest BCUT2D eigenvalue weighted by Gasteiger charge is 2.17. The van der Waals surface area contributed by atoms with E-state index in [2.05, 4.69) is 21.0 Å². The zero-order valence-electron chi connectivity index (χ0n) is 18.4. The maximum Gasteiger partial charge on any atom is 0.279 e. The fourth-order valence-electron chi connectivity index (χ4n) is 3.09. The Bertz CT molecular complexity index is 1300. The Morgan fingerprint density at radius 2 is 1.59 bits per heavy atom. The van der Waals surface area contributed by atoms with Gasteiger partial charge in [-0.25, -0.2) is 4.39 Å². The van der Waals surface area contributed by atoms with Crippen LogP contribution in [0.5, 0.6) is 5.75 Å². The number of ether oxygens (including phenoxy) is 1. The van der Waals surface area contributed by atoms with Crippen LogP contribution in [0.2, 0.25) is 0 Å². The predicted octanol–water partition coefficient (Wildman–Crippen LogP) is 4.08. The van der Waals surface area contributed by atoms with Crippen LogP contribution in [0.4, 0.5) is 4.39 Å². The van der Waals surface area contributed by atoms with Gasteiger partial charge in [0, 0.05) is 16.7 Å². The number of aromatic nitrogens is 2. The first kappa shape index (κ1) is 22.7. The summed E-state index contributed by atoms with van der Waals surface area (Å²) in [5.74, 6) is -0.421. The maximum atomic E-state index is 13.0. The molecule has 1 aromatic heterocycles. The number of rotatable bonds is 6. The summed E-state index contributed by atoms with van der Waals surface area (Å²) in [6.07, 6.45) is -0.909. The Kier molecular flexibility index (Phi) is 6.63. The number of hydrogen-bond acceptors (Lipinski definition) is 6. The molecule has 0 bridgehead atoms. The van der Waals surface area contributed by atoms with Gasteiger partial charge in [0.05, 0.1) is 0 Å². The third kappa shape index (κ3) is 5.26. The average molecular weight is 460 g/mol. The van der Waals surface area contributed by atoms with Gasteiger partial charge >= 0.3 is 0 Å². The molecule has 0 aliphatic rings. The number of carbonyl (C=O) groups excluding carboxylic acids is 2. The summed E-state index contributed by atoms with van der Waals surface area (Å²) < 4.78 is 24.2. The summed E-state index contributed by atoms with van der Waals surface area (Å²) in [5.41, 5.74) is 7.47. The number of carbonyl (C=O) groups is 2. The van der Waals surface area contributed by atoms with Gasteiger partial charge in [-0.3, -0.25) is 20.4 Å². The van der Waals surface area contributed by atoms with E-state index in [1.807, 2.05) is 31.2 Å². The van der Waals surface area contributed by atoms with Gasteiger partial charge in [0.15, 0.2) is 6.10 Å². The van der Waals surface area contributed by atoms with Crippen LogP contribution in [0.3, 0.4) is 0 Å². The highest BCUT2D eigenvalue weighted by molar-refractivity contribution is 5.96. The molecule has 4 aromatic rings. The van der Waals surface area contributed by atoms with E-state index in [4.69, 9.17) is 9.15 Å². The quantitative estimate of drug-likeness (QED) is 0.420. The molecule has 34 heavy (non-hydrogen) atoms.